The summed E-state index contributed by atoms with van der Waals surface area (Å²) in [5, 5.41) is 18.8. The lowest BCUT2D eigenvalue weighted by molar-refractivity contribution is -0.704. The third kappa shape index (κ3) is 60.6. The molecule has 8 aromatic heterocycles. The van der Waals surface area contributed by atoms with Gasteiger partial charge < -0.3 is 46.6 Å². The second kappa shape index (κ2) is 57.8. The molecule has 0 saturated heterocycles. The summed E-state index contributed by atoms with van der Waals surface area (Å²) < 4.78 is 267. The molecule has 0 amide bonds. The highest BCUT2D eigenvalue weighted by molar-refractivity contribution is 7.87. The van der Waals surface area contributed by atoms with Crippen LogP contribution in [0.1, 0.15) is 91.6 Å². The monoisotopic (exact) mass is 1870 g/mol. The van der Waals surface area contributed by atoms with Gasteiger partial charge in [0.1, 0.15) is 63.2 Å². The first kappa shape index (κ1) is 111. The van der Waals surface area contributed by atoms with Crippen LogP contribution in [0.3, 0.4) is 0 Å². The number of unbranched alkanes of at least 4 members (excludes halogenated alkanes) is 3. The van der Waals surface area contributed by atoms with E-state index in [-0.39, 0.29) is 47.6 Å². The standard InChI is InChI=1S/2C11H15NO3S.2C10H13NO4S.2C10H13NO3S.C9H14N2O3S.C8H12N2O3S/c1-2-11-5-8-12(9-6-11)7-3-4-10-16(13,14)15;1-2-11-7-3-4-8-12(11)9-5-6-10-16(13,14)15;1-2-9-3-5-11(6-4-9)7-10(12)8-16(13,14)15;1-2-9-5-3-4-6-11(9)7-10(12)8-16(13,14)15;1-2-10-4-7-11(8-5-10)6-3-9-15(12,13)14;1-2-10-6-3-4-7-11(10)8-5-9-15(12,13)14;1-2-10-6-7-11(9-10)5-3-4-8-15(12,13)14;1-2-9-5-6-10(8-9)4-3-7-14(11,12)13/h2,5-6,8-9H,1,3-4,7,10H2;2-4,7-8H,1,5-6,9-10H2;2*2-6,10,12H,1,7-8H2;2,4-5,7-8H,1,3,6,9H2;2-4,6-7H,1,5,8-9H2;2,6-7,9H,1,3-5,8H2;2,5-6,8H,1,3-4,7H2. The van der Waals surface area contributed by atoms with E-state index in [2.05, 4.69) is 52.6 Å². The Bertz CT molecular complexity index is 5570. The number of aliphatic hydroxyl groups is 2. The fourth-order valence-electron chi connectivity index (χ4n) is 10.1. The van der Waals surface area contributed by atoms with Gasteiger partial charge in [0.2, 0.25) is 29.7 Å². The van der Waals surface area contributed by atoms with Crippen LogP contribution in [0.4, 0.5) is 0 Å². The molecular formula is C79H108N10O26S8. The van der Waals surface area contributed by atoms with Crippen LogP contribution in [0.5, 0.6) is 0 Å². The minimum Gasteiger partial charge on any atom is -0.748 e. The van der Waals surface area contributed by atoms with E-state index in [0.29, 0.717) is 97.1 Å². The second-order valence-electron chi connectivity index (χ2n) is 26.3. The van der Waals surface area contributed by atoms with E-state index in [4.69, 9.17) is 0 Å². The zero-order valence-electron chi connectivity index (χ0n) is 67.9. The van der Waals surface area contributed by atoms with Gasteiger partial charge in [-0.05, 0) is 67.0 Å². The third-order valence-electron chi connectivity index (χ3n) is 16.1. The van der Waals surface area contributed by atoms with Crippen molar-refractivity contribution in [2.45, 2.75) is 122 Å². The van der Waals surface area contributed by atoms with E-state index in [1.807, 2.05) is 139 Å². The van der Waals surface area contributed by atoms with Crippen LogP contribution in [0.2, 0.25) is 0 Å². The Morgan fingerprint density at radius 2 is 0.545 bits per heavy atom. The molecule has 0 saturated carbocycles. The molecule has 8 rings (SSSR count). The molecule has 0 fully saturated rings. The molecule has 0 aliphatic rings. The summed E-state index contributed by atoms with van der Waals surface area (Å²) in [4.78, 5) is 0. The van der Waals surface area contributed by atoms with Crippen molar-refractivity contribution in [3.05, 3.63) is 271 Å². The summed E-state index contributed by atoms with van der Waals surface area (Å²) in [5.41, 5.74) is 5.58. The van der Waals surface area contributed by atoms with Gasteiger partial charge in [0.05, 0.1) is 118 Å². The molecule has 8 heterocycles. The average molecular weight is 1870 g/mol. The van der Waals surface area contributed by atoms with Crippen molar-refractivity contribution in [2.24, 2.45) is 0 Å². The van der Waals surface area contributed by atoms with Crippen molar-refractivity contribution >= 4 is 130 Å². The molecule has 0 radical (unpaired) electrons. The average Bonchev–Trinajstić information content (AvgIpc) is 1.71. The number of imidazole rings is 2. The van der Waals surface area contributed by atoms with Crippen LogP contribution in [-0.2, 0) is 133 Å². The minimum atomic E-state index is -4.40. The Morgan fingerprint density at radius 1 is 0.285 bits per heavy atom. The zero-order chi connectivity index (χ0) is 92.9. The van der Waals surface area contributed by atoms with Crippen LogP contribution < -0.4 is 36.5 Å². The van der Waals surface area contributed by atoms with Crippen LogP contribution in [0.15, 0.2) is 237 Å². The Kier molecular flexibility index (Phi) is 52.4. The zero-order valence-corrected chi connectivity index (χ0v) is 74.4. The van der Waals surface area contributed by atoms with Crippen molar-refractivity contribution in [3.8, 4) is 0 Å². The van der Waals surface area contributed by atoms with Gasteiger partial charge in [0.15, 0.2) is 68.9 Å². The summed E-state index contributed by atoms with van der Waals surface area (Å²) in [7, 11) is -33.3. The number of hydrogen-bond donors (Lipinski definition) is 2. The highest BCUT2D eigenvalue weighted by Gasteiger charge is 2.18. The minimum absolute atomic E-state index is 0.0453. The maximum atomic E-state index is 10.4. The third-order valence-corrected chi connectivity index (χ3v) is 22.4. The number of hydrogen-bond acceptors (Lipinski definition) is 26. The molecule has 2 atom stereocenters. The van der Waals surface area contributed by atoms with Gasteiger partial charge in [-0.3, -0.25) is 0 Å². The molecule has 678 valence electrons. The smallest absolute Gasteiger partial charge is 0.248 e. The number of pyridine rings is 6. The first-order valence-corrected chi connectivity index (χ1v) is 49.9. The Hall–Kier alpha value is -9.56. The van der Waals surface area contributed by atoms with E-state index < -0.39 is 105 Å². The lowest BCUT2D eigenvalue weighted by atomic mass is 10.2. The Balaban J connectivity index is 0.000000703. The van der Waals surface area contributed by atoms with E-state index >= 15 is 0 Å². The summed E-state index contributed by atoms with van der Waals surface area (Å²) in [6.07, 6.45) is 42.4. The summed E-state index contributed by atoms with van der Waals surface area (Å²) >= 11 is 0. The SMILES string of the molecule is C=Cc1cc[n+](CC(O)CS(=O)(=O)[O-])cc1.C=Cc1cc[n+](CCCCS(=O)(=O)[O-])cc1.C=Cc1cc[n+](CCCS(=O)(=O)[O-])cc1.C=Cc1cccc[n+]1CC(O)CS(=O)(=O)[O-].C=Cc1cccc[n+]1CCCCS(=O)(=O)[O-].C=Cc1cccc[n+]1CCCS(=O)(=O)[O-].C=Cn1cc[n+](CCCCS(=O)(=O)[O-])c1.C=Cn1cc[n+](CCCS(=O)(=O)[O-])c1. The number of aryl methyl sites for hydroxylation is 6. The predicted molar refractivity (Wildman–Crippen MR) is 452 cm³/mol. The quantitative estimate of drug-likeness (QED) is 0.0314. The van der Waals surface area contributed by atoms with Crippen LogP contribution >= 0.6 is 0 Å². The molecule has 0 aliphatic heterocycles. The molecule has 2 N–H and O–H groups in total. The van der Waals surface area contributed by atoms with Gasteiger partial charge in [-0.2, -0.15) is 13.7 Å². The van der Waals surface area contributed by atoms with Crippen molar-refractivity contribution < 1.29 is 151 Å². The van der Waals surface area contributed by atoms with Gasteiger partial charge in [0.25, 0.3) is 0 Å². The molecule has 44 heteroatoms. The molecule has 0 spiro atoms. The molecule has 2 unspecified atom stereocenters. The lowest BCUT2D eigenvalue weighted by Gasteiger charge is -2.11. The maximum Gasteiger partial charge on any atom is 0.248 e. The lowest BCUT2D eigenvalue weighted by Crippen LogP contribution is -2.44. The van der Waals surface area contributed by atoms with Gasteiger partial charge in [-0.25, -0.2) is 99.3 Å². The largest absolute Gasteiger partial charge is 0.748 e. The van der Waals surface area contributed by atoms with Crippen LogP contribution in [-0.4, -0.2) is 181 Å². The first-order valence-electron chi connectivity index (χ1n) is 37.3. The summed E-state index contributed by atoms with van der Waals surface area (Å²) in [6, 6.07) is 27.8. The molecule has 123 heavy (non-hydrogen) atoms. The Morgan fingerprint density at radius 3 is 0.846 bits per heavy atom. The van der Waals surface area contributed by atoms with Gasteiger partial charge in [-0.1, -0.05) is 70.9 Å². The second-order valence-corrected chi connectivity index (χ2v) is 38.3. The molecule has 36 nitrogen and oxygen atoms in total. The molecule has 0 bridgehead atoms. The molecule has 0 aromatic carbocycles. The van der Waals surface area contributed by atoms with Crippen molar-refractivity contribution in [3.63, 3.8) is 0 Å². The number of aromatic nitrogens is 10. The van der Waals surface area contributed by atoms with Crippen molar-refractivity contribution in [2.75, 3.05) is 46.0 Å². The normalized spacial score (nSPS) is 11.9. The number of rotatable bonds is 43. The molecule has 8 aromatic rings. The van der Waals surface area contributed by atoms with Crippen molar-refractivity contribution in [1.29, 1.82) is 0 Å². The van der Waals surface area contributed by atoms with E-state index in [9.17, 15) is 114 Å². The van der Waals surface area contributed by atoms with E-state index in [1.165, 1.54) is 0 Å². The van der Waals surface area contributed by atoms with E-state index in [0.717, 1.165) is 33.8 Å². The number of nitrogens with zero attached hydrogens (tertiary/aromatic N) is 10. The Labute approximate surface area is 723 Å². The summed E-state index contributed by atoms with van der Waals surface area (Å²) in [5.74, 6) is -3.37. The van der Waals surface area contributed by atoms with Crippen molar-refractivity contribution in [1.82, 2.24) is 9.13 Å². The topological polar surface area (TPSA) is 539 Å². The molecule has 0 aliphatic carbocycles. The fourth-order valence-corrected chi connectivity index (χ4v) is 14.4. The molecular weight excluding hydrogens is 1760 g/mol. The van der Waals surface area contributed by atoms with Gasteiger partial charge in [-0.15, -0.1) is 0 Å². The highest BCUT2D eigenvalue weighted by atomic mass is 32.2. The van der Waals surface area contributed by atoms with Gasteiger partial charge in [0, 0.05) is 151 Å². The highest BCUT2D eigenvalue weighted by Crippen LogP contribution is 2.05. The van der Waals surface area contributed by atoms with Crippen LogP contribution in [0.25, 0.3) is 48.9 Å². The van der Waals surface area contributed by atoms with Crippen LogP contribution in [0, 0.1) is 0 Å². The first-order chi connectivity index (χ1) is 57.4. The summed E-state index contributed by atoms with van der Waals surface area (Å²) in [6.45, 7) is 32.7. The predicted octanol–water partition coefficient (Wildman–Crippen LogP) is 2.05. The van der Waals surface area contributed by atoms with E-state index in [1.54, 1.807) is 139 Å². The number of aliphatic hydroxyl groups excluding tert-OH is 2. The fraction of sp³-hybridized carbons (Fsp3) is 0.342. The van der Waals surface area contributed by atoms with Gasteiger partial charge >= 0.3 is 0 Å². The maximum absolute atomic E-state index is 10.4.